The van der Waals surface area contributed by atoms with E-state index in [9.17, 15) is 0 Å². The Kier molecular flexibility index (Phi) is 4.09. The van der Waals surface area contributed by atoms with Crippen molar-refractivity contribution in [3.8, 4) is 11.5 Å². The van der Waals surface area contributed by atoms with Gasteiger partial charge >= 0.3 is 0 Å². The van der Waals surface area contributed by atoms with Crippen LogP contribution in [0.15, 0.2) is 18.2 Å². The number of hydrogen-bond acceptors (Lipinski definition) is 4. The van der Waals surface area contributed by atoms with E-state index in [4.69, 9.17) is 19.9 Å². The number of nitrogens with two attached hydrogens (primary N) is 1. The first-order chi connectivity index (χ1) is 10.2. The lowest BCUT2D eigenvalue weighted by atomic mass is 9.70. The van der Waals surface area contributed by atoms with E-state index in [2.05, 4.69) is 0 Å². The first-order valence-electron chi connectivity index (χ1n) is 7.79. The number of benzene rings is 1. The average molecular weight is 291 g/mol. The minimum Gasteiger partial charge on any atom is -0.497 e. The lowest BCUT2D eigenvalue weighted by Crippen LogP contribution is -2.47. The molecule has 0 bridgehead atoms. The van der Waals surface area contributed by atoms with Crippen LogP contribution in [0.5, 0.6) is 11.5 Å². The Morgan fingerprint density at radius 1 is 1.29 bits per heavy atom. The van der Waals surface area contributed by atoms with Crippen molar-refractivity contribution in [2.45, 2.75) is 43.7 Å². The Hall–Kier alpha value is -1.26. The Labute approximate surface area is 126 Å². The molecule has 0 aromatic heterocycles. The quantitative estimate of drug-likeness (QED) is 0.926. The van der Waals surface area contributed by atoms with Gasteiger partial charge in [0, 0.05) is 24.3 Å². The highest BCUT2D eigenvalue weighted by molar-refractivity contribution is 5.42. The lowest BCUT2D eigenvalue weighted by molar-refractivity contribution is -0.146. The van der Waals surface area contributed by atoms with E-state index >= 15 is 0 Å². The fraction of sp³-hybridized carbons (Fsp3) is 0.647. The maximum absolute atomic E-state index is 6.56. The summed E-state index contributed by atoms with van der Waals surface area (Å²) in [4.78, 5) is 0. The van der Waals surface area contributed by atoms with Gasteiger partial charge in [-0.05, 0) is 44.1 Å². The summed E-state index contributed by atoms with van der Waals surface area (Å²) in [5, 5.41) is 0. The molecule has 1 saturated carbocycles. The van der Waals surface area contributed by atoms with Crippen LogP contribution in [0.3, 0.4) is 0 Å². The van der Waals surface area contributed by atoms with Crippen LogP contribution in [-0.2, 0) is 4.74 Å². The minimum absolute atomic E-state index is 0.00719. The molecule has 2 N–H and O–H groups in total. The maximum Gasteiger partial charge on any atom is 0.127 e. The van der Waals surface area contributed by atoms with Gasteiger partial charge in [0.2, 0.25) is 0 Å². The van der Waals surface area contributed by atoms with Crippen molar-refractivity contribution in [3.05, 3.63) is 23.8 Å². The summed E-state index contributed by atoms with van der Waals surface area (Å²) in [6.45, 7) is 0.830. The van der Waals surface area contributed by atoms with Gasteiger partial charge in [0.25, 0.3) is 0 Å². The van der Waals surface area contributed by atoms with Crippen LogP contribution in [0.4, 0.5) is 0 Å². The maximum atomic E-state index is 6.56. The average Bonchev–Trinajstić information content (AvgIpc) is 2.52. The van der Waals surface area contributed by atoms with Gasteiger partial charge < -0.3 is 19.9 Å². The van der Waals surface area contributed by atoms with E-state index in [0.717, 1.165) is 36.5 Å². The molecule has 4 nitrogen and oxygen atoms in total. The number of ether oxygens (including phenoxy) is 3. The molecule has 3 rings (SSSR count). The van der Waals surface area contributed by atoms with Gasteiger partial charge in [-0.1, -0.05) is 6.07 Å². The molecular weight excluding hydrogens is 266 g/mol. The van der Waals surface area contributed by atoms with Crippen LogP contribution in [0.1, 0.15) is 43.7 Å². The highest BCUT2D eigenvalue weighted by Gasteiger charge is 2.44. The zero-order chi connectivity index (χ0) is 14.9. The SMILES string of the molecule is COc1ccc(C(N)C2CCOC3(CCC3)C2)c(OC)c1. The third kappa shape index (κ3) is 2.74. The van der Waals surface area contributed by atoms with Crippen molar-refractivity contribution < 1.29 is 14.2 Å². The molecule has 1 aromatic carbocycles. The van der Waals surface area contributed by atoms with Crippen LogP contribution in [0.25, 0.3) is 0 Å². The van der Waals surface area contributed by atoms with Crippen molar-refractivity contribution in [1.82, 2.24) is 0 Å². The van der Waals surface area contributed by atoms with Gasteiger partial charge in [-0.15, -0.1) is 0 Å². The van der Waals surface area contributed by atoms with E-state index < -0.39 is 0 Å². The standard InChI is InChI=1S/C17H25NO3/c1-19-13-4-5-14(15(10-13)20-2)16(18)12-6-9-21-17(11-12)7-3-8-17/h4-5,10,12,16H,3,6-9,11,18H2,1-2H3. The predicted molar refractivity (Wildman–Crippen MR) is 81.7 cm³/mol. The van der Waals surface area contributed by atoms with Gasteiger partial charge in [0.15, 0.2) is 0 Å². The molecule has 21 heavy (non-hydrogen) atoms. The summed E-state index contributed by atoms with van der Waals surface area (Å²) < 4.78 is 16.8. The minimum atomic E-state index is -0.00719. The second-order valence-corrected chi connectivity index (χ2v) is 6.27. The zero-order valence-corrected chi connectivity index (χ0v) is 12.9. The second kappa shape index (κ2) is 5.85. The third-order valence-corrected chi connectivity index (χ3v) is 5.10. The number of methoxy groups -OCH3 is 2. The zero-order valence-electron chi connectivity index (χ0n) is 12.9. The molecule has 116 valence electrons. The van der Waals surface area contributed by atoms with Gasteiger partial charge in [0.1, 0.15) is 11.5 Å². The molecule has 1 heterocycles. The van der Waals surface area contributed by atoms with E-state index in [0.29, 0.717) is 5.92 Å². The van der Waals surface area contributed by atoms with Crippen LogP contribution in [0.2, 0.25) is 0 Å². The molecule has 1 aromatic rings. The topological polar surface area (TPSA) is 53.7 Å². The summed E-state index contributed by atoms with van der Waals surface area (Å²) in [5.41, 5.74) is 7.76. The van der Waals surface area contributed by atoms with E-state index in [1.54, 1.807) is 14.2 Å². The Morgan fingerprint density at radius 2 is 2.10 bits per heavy atom. The smallest absolute Gasteiger partial charge is 0.127 e. The lowest BCUT2D eigenvalue weighted by Gasteiger charge is -2.48. The fourth-order valence-electron chi connectivity index (χ4n) is 3.64. The molecule has 2 atom stereocenters. The van der Waals surface area contributed by atoms with Crippen molar-refractivity contribution in [1.29, 1.82) is 0 Å². The molecule has 0 amide bonds. The summed E-state index contributed by atoms with van der Waals surface area (Å²) in [7, 11) is 3.34. The number of hydrogen-bond donors (Lipinski definition) is 1. The summed E-state index contributed by atoms with van der Waals surface area (Å²) in [5.74, 6) is 2.07. The van der Waals surface area contributed by atoms with Crippen molar-refractivity contribution in [3.63, 3.8) is 0 Å². The third-order valence-electron chi connectivity index (χ3n) is 5.10. The van der Waals surface area contributed by atoms with E-state index in [1.165, 1.54) is 19.3 Å². The van der Waals surface area contributed by atoms with Gasteiger partial charge in [-0.25, -0.2) is 0 Å². The molecule has 2 unspecified atom stereocenters. The summed E-state index contributed by atoms with van der Waals surface area (Å²) >= 11 is 0. The molecule has 1 aliphatic carbocycles. The highest BCUT2D eigenvalue weighted by atomic mass is 16.5. The van der Waals surface area contributed by atoms with Gasteiger partial charge in [0.05, 0.1) is 19.8 Å². The van der Waals surface area contributed by atoms with Crippen LogP contribution >= 0.6 is 0 Å². The monoisotopic (exact) mass is 291 g/mol. The van der Waals surface area contributed by atoms with Crippen LogP contribution in [-0.4, -0.2) is 26.4 Å². The normalized spacial score (nSPS) is 25.2. The largest absolute Gasteiger partial charge is 0.497 e. The Morgan fingerprint density at radius 3 is 2.71 bits per heavy atom. The van der Waals surface area contributed by atoms with Gasteiger partial charge in [-0.2, -0.15) is 0 Å². The number of rotatable bonds is 4. The summed E-state index contributed by atoms with van der Waals surface area (Å²) in [6.07, 6.45) is 5.77. The molecule has 1 saturated heterocycles. The first kappa shape index (κ1) is 14.7. The summed E-state index contributed by atoms with van der Waals surface area (Å²) in [6, 6.07) is 5.89. The predicted octanol–water partition coefficient (Wildman–Crippen LogP) is 3.05. The molecule has 1 spiro atoms. The molecule has 2 aliphatic rings. The van der Waals surface area contributed by atoms with E-state index in [1.807, 2.05) is 18.2 Å². The molecule has 2 fully saturated rings. The van der Waals surface area contributed by atoms with Crippen molar-refractivity contribution in [2.75, 3.05) is 20.8 Å². The van der Waals surface area contributed by atoms with Crippen molar-refractivity contribution >= 4 is 0 Å². The molecule has 1 aliphatic heterocycles. The van der Waals surface area contributed by atoms with Gasteiger partial charge in [-0.3, -0.25) is 0 Å². The Balaban J connectivity index is 1.79. The van der Waals surface area contributed by atoms with E-state index in [-0.39, 0.29) is 11.6 Å². The van der Waals surface area contributed by atoms with Crippen LogP contribution in [0, 0.1) is 5.92 Å². The fourth-order valence-corrected chi connectivity index (χ4v) is 3.64. The molecule has 0 radical (unpaired) electrons. The Bertz CT molecular complexity index is 499. The van der Waals surface area contributed by atoms with Crippen LogP contribution < -0.4 is 15.2 Å². The first-order valence-corrected chi connectivity index (χ1v) is 7.79. The second-order valence-electron chi connectivity index (χ2n) is 6.27. The van der Waals surface area contributed by atoms with Crippen molar-refractivity contribution in [2.24, 2.45) is 11.7 Å². The molecular formula is C17H25NO3. The highest BCUT2D eigenvalue weighted by Crippen LogP contribution is 2.47. The molecule has 4 heteroatoms.